The van der Waals surface area contributed by atoms with Gasteiger partial charge in [-0.15, -0.1) is 0 Å². The van der Waals surface area contributed by atoms with E-state index in [0.29, 0.717) is 10.7 Å². The minimum atomic E-state index is -0.320. The van der Waals surface area contributed by atoms with Crippen LogP contribution in [0.5, 0.6) is 11.5 Å². The van der Waals surface area contributed by atoms with E-state index in [1.807, 2.05) is 43.3 Å². The van der Waals surface area contributed by atoms with Crippen molar-refractivity contribution in [2.75, 3.05) is 20.3 Å². The minimum Gasteiger partial charge on any atom is -0.496 e. The summed E-state index contributed by atoms with van der Waals surface area (Å²) in [5.41, 5.74) is 1.82. The van der Waals surface area contributed by atoms with Gasteiger partial charge in [0.05, 0.1) is 18.6 Å². The summed E-state index contributed by atoms with van der Waals surface area (Å²) >= 11 is 4.33. The zero-order chi connectivity index (χ0) is 19.4. The van der Waals surface area contributed by atoms with Crippen molar-refractivity contribution in [2.24, 2.45) is 0 Å². The smallest absolute Gasteiger partial charge is 0.293 e. The molecule has 1 fully saturated rings. The molecule has 2 amide bonds. The number of amides is 2. The lowest BCUT2D eigenvalue weighted by atomic mass is 10.2. The molecular weight excluding hydrogens is 430 g/mol. The molecule has 1 aliphatic heterocycles. The Kier molecular flexibility index (Phi) is 6.23. The number of carbonyl (C=O) groups is 2. The number of benzene rings is 2. The first-order chi connectivity index (χ1) is 13.0. The second-order valence-electron chi connectivity index (χ2n) is 5.88. The van der Waals surface area contributed by atoms with E-state index in [-0.39, 0.29) is 24.3 Å². The lowest BCUT2D eigenvalue weighted by molar-refractivity contribution is -0.123. The molecule has 1 heterocycles. The van der Waals surface area contributed by atoms with E-state index in [9.17, 15) is 9.59 Å². The summed E-state index contributed by atoms with van der Waals surface area (Å²) in [4.78, 5) is 26.4. The highest BCUT2D eigenvalue weighted by Crippen LogP contribution is 2.34. The van der Waals surface area contributed by atoms with Crippen LogP contribution >= 0.6 is 27.7 Å². The van der Waals surface area contributed by atoms with Crippen LogP contribution in [-0.2, 0) is 4.79 Å². The van der Waals surface area contributed by atoms with Gasteiger partial charge in [0.25, 0.3) is 11.1 Å². The Morgan fingerprint density at radius 2 is 2.00 bits per heavy atom. The molecule has 0 atom stereocenters. The molecule has 7 heteroatoms. The first kappa shape index (κ1) is 19.5. The summed E-state index contributed by atoms with van der Waals surface area (Å²) in [6.45, 7) is 2.42. The van der Waals surface area contributed by atoms with Crippen molar-refractivity contribution in [1.29, 1.82) is 0 Å². The highest BCUT2D eigenvalue weighted by atomic mass is 79.9. The van der Waals surface area contributed by atoms with Crippen molar-refractivity contribution in [3.8, 4) is 11.5 Å². The van der Waals surface area contributed by atoms with Crippen LogP contribution in [0.15, 0.2) is 51.8 Å². The molecule has 0 spiro atoms. The summed E-state index contributed by atoms with van der Waals surface area (Å²) in [5.74, 6) is 1.03. The van der Waals surface area contributed by atoms with Crippen LogP contribution in [-0.4, -0.2) is 36.3 Å². The number of rotatable bonds is 6. The van der Waals surface area contributed by atoms with Gasteiger partial charge in [0.1, 0.15) is 18.1 Å². The topological polar surface area (TPSA) is 55.8 Å². The molecule has 3 rings (SSSR count). The van der Waals surface area contributed by atoms with E-state index < -0.39 is 0 Å². The van der Waals surface area contributed by atoms with Gasteiger partial charge in [-0.05, 0) is 60.7 Å². The van der Waals surface area contributed by atoms with Gasteiger partial charge in [-0.25, -0.2) is 0 Å². The van der Waals surface area contributed by atoms with Gasteiger partial charge in [0, 0.05) is 10.0 Å². The van der Waals surface area contributed by atoms with Crippen LogP contribution in [0.3, 0.4) is 0 Å². The Bertz CT molecular complexity index is 913. The summed E-state index contributed by atoms with van der Waals surface area (Å²) in [6, 6.07) is 13.1. The summed E-state index contributed by atoms with van der Waals surface area (Å²) in [5, 5.41) is -0.298. The highest BCUT2D eigenvalue weighted by molar-refractivity contribution is 9.10. The molecule has 2 aromatic rings. The molecule has 2 aromatic carbocycles. The molecule has 27 heavy (non-hydrogen) atoms. The predicted molar refractivity (Wildman–Crippen MR) is 110 cm³/mol. The summed E-state index contributed by atoms with van der Waals surface area (Å²) < 4.78 is 11.8. The van der Waals surface area contributed by atoms with E-state index in [4.69, 9.17) is 9.47 Å². The van der Waals surface area contributed by atoms with Gasteiger partial charge in [-0.3, -0.25) is 14.5 Å². The minimum absolute atomic E-state index is 0.200. The molecule has 0 N–H and O–H groups in total. The fourth-order valence-electron chi connectivity index (χ4n) is 2.61. The maximum absolute atomic E-state index is 12.6. The molecule has 0 unspecified atom stereocenters. The zero-order valence-electron chi connectivity index (χ0n) is 14.9. The predicted octanol–water partition coefficient (Wildman–Crippen LogP) is 4.88. The number of carbonyl (C=O) groups excluding carboxylic acids is 2. The SMILES string of the molecule is COc1ccc(Br)cc1/C=C1\SC(=O)N(CCOc2cccc(C)c2)C1=O. The van der Waals surface area contributed by atoms with Crippen LogP contribution in [0.1, 0.15) is 11.1 Å². The Morgan fingerprint density at radius 3 is 2.74 bits per heavy atom. The van der Waals surface area contributed by atoms with Gasteiger partial charge in [0.15, 0.2) is 0 Å². The standard InChI is InChI=1S/C20H18BrNO4S/c1-13-4-3-5-16(10-13)26-9-8-22-19(23)18(27-20(22)24)12-14-11-15(21)6-7-17(14)25-2/h3-7,10-12H,8-9H2,1-2H3/b18-12-. The van der Waals surface area contributed by atoms with E-state index >= 15 is 0 Å². The number of halogens is 1. The molecule has 0 radical (unpaired) electrons. The van der Waals surface area contributed by atoms with Crippen molar-refractivity contribution in [3.05, 3.63) is 63.0 Å². The third kappa shape index (κ3) is 4.73. The van der Waals surface area contributed by atoms with Gasteiger partial charge in [-0.1, -0.05) is 28.1 Å². The van der Waals surface area contributed by atoms with E-state index in [2.05, 4.69) is 15.9 Å². The number of nitrogens with zero attached hydrogens (tertiary/aromatic N) is 1. The molecule has 1 aliphatic rings. The number of imide groups is 1. The third-order valence-corrected chi connectivity index (χ3v) is 5.33. The van der Waals surface area contributed by atoms with Crippen molar-refractivity contribution in [1.82, 2.24) is 4.90 Å². The van der Waals surface area contributed by atoms with Gasteiger partial charge in [0.2, 0.25) is 0 Å². The number of aryl methyl sites for hydroxylation is 1. The second kappa shape index (κ2) is 8.63. The molecule has 1 saturated heterocycles. The molecule has 0 bridgehead atoms. The lowest BCUT2D eigenvalue weighted by Crippen LogP contribution is -2.32. The second-order valence-corrected chi connectivity index (χ2v) is 7.79. The van der Waals surface area contributed by atoms with Crippen molar-refractivity contribution in [3.63, 3.8) is 0 Å². The monoisotopic (exact) mass is 447 g/mol. The van der Waals surface area contributed by atoms with Gasteiger partial charge < -0.3 is 9.47 Å². The first-order valence-corrected chi connectivity index (χ1v) is 9.87. The summed E-state index contributed by atoms with van der Waals surface area (Å²) in [6.07, 6.45) is 1.68. The largest absolute Gasteiger partial charge is 0.496 e. The van der Waals surface area contributed by atoms with Crippen molar-refractivity contribution >= 4 is 44.9 Å². The molecule has 0 saturated carbocycles. The summed E-state index contributed by atoms with van der Waals surface area (Å²) in [7, 11) is 1.56. The Hall–Kier alpha value is -2.25. The molecular formula is C20H18BrNO4S. The fraction of sp³-hybridized carbons (Fsp3) is 0.200. The Balaban J connectivity index is 1.69. The average molecular weight is 448 g/mol. The van der Waals surface area contributed by atoms with Gasteiger partial charge >= 0.3 is 0 Å². The number of thioether (sulfide) groups is 1. The normalized spacial score (nSPS) is 15.5. The maximum Gasteiger partial charge on any atom is 0.293 e. The number of hydrogen-bond donors (Lipinski definition) is 0. The Labute approximate surface area is 170 Å². The highest BCUT2D eigenvalue weighted by Gasteiger charge is 2.35. The van der Waals surface area contributed by atoms with Crippen LogP contribution < -0.4 is 9.47 Å². The van der Waals surface area contributed by atoms with E-state index in [1.54, 1.807) is 19.3 Å². The van der Waals surface area contributed by atoms with Gasteiger partial charge in [-0.2, -0.15) is 0 Å². The molecule has 5 nitrogen and oxygen atoms in total. The lowest BCUT2D eigenvalue weighted by Gasteiger charge is -2.13. The van der Waals surface area contributed by atoms with E-state index in [0.717, 1.165) is 33.1 Å². The van der Waals surface area contributed by atoms with E-state index in [1.165, 1.54) is 4.90 Å². The number of hydrogen-bond acceptors (Lipinski definition) is 5. The third-order valence-electron chi connectivity index (χ3n) is 3.93. The van der Waals surface area contributed by atoms with Crippen molar-refractivity contribution < 1.29 is 19.1 Å². The maximum atomic E-state index is 12.6. The molecule has 140 valence electrons. The number of methoxy groups -OCH3 is 1. The number of ether oxygens (including phenoxy) is 2. The van der Waals surface area contributed by atoms with Crippen molar-refractivity contribution in [2.45, 2.75) is 6.92 Å². The Morgan fingerprint density at radius 1 is 1.19 bits per heavy atom. The van der Waals surface area contributed by atoms with Crippen LogP contribution in [0.4, 0.5) is 4.79 Å². The van der Waals surface area contributed by atoms with Crippen LogP contribution in [0.2, 0.25) is 0 Å². The fourth-order valence-corrected chi connectivity index (χ4v) is 3.85. The van der Waals surface area contributed by atoms with Crippen LogP contribution in [0.25, 0.3) is 6.08 Å². The first-order valence-electron chi connectivity index (χ1n) is 8.26. The quantitative estimate of drug-likeness (QED) is 0.590. The zero-order valence-corrected chi connectivity index (χ0v) is 17.3. The average Bonchev–Trinajstić information content (AvgIpc) is 2.89. The van der Waals surface area contributed by atoms with Crippen LogP contribution in [0, 0.1) is 6.92 Å². The molecule has 0 aliphatic carbocycles. The molecule has 0 aromatic heterocycles.